The van der Waals surface area contributed by atoms with E-state index in [1.54, 1.807) is 37.5 Å². The van der Waals surface area contributed by atoms with E-state index in [1.165, 1.54) is 4.90 Å². The van der Waals surface area contributed by atoms with Crippen molar-refractivity contribution >= 4 is 23.2 Å². The normalized spacial score (nSPS) is 22.0. The molecule has 0 aromatic heterocycles. The Kier molecular flexibility index (Phi) is 5.26. The number of benzene rings is 3. The van der Waals surface area contributed by atoms with Crippen LogP contribution in [0, 0.1) is 12.8 Å². The summed E-state index contributed by atoms with van der Waals surface area (Å²) in [5.74, 6) is -0.216. The van der Waals surface area contributed by atoms with Gasteiger partial charge in [-0.05, 0) is 43.3 Å². The molecule has 33 heavy (non-hydrogen) atoms. The molecule has 7 nitrogen and oxygen atoms in total. The van der Waals surface area contributed by atoms with Crippen molar-refractivity contribution in [3.63, 3.8) is 0 Å². The van der Waals surface area contributed by atoms with E-state index in [1.807, 2.05) is 61.5 Å². The minimum atomic E-state index is -0.934. The molecule has 168 valence electrons. The van der Waals surface area contributed by atoms with Gasteiger partial charge in [0.05, 0.1) is 31.6 Å². The summed E-state index contributed by atoms with van der Waals surface area (Å²) in [4.78, 5) is 34.5. The van der Waals surface area contributed by atoms with Gasteiger partial charge in [0, 0.05) is 11.6 Å². The first-order valence-corrected chi connectivity index (χ1v) is 10.7. The molecule has 5 rings (SSSR count). The maximum Gasteiger partial charge on any atom is 0.266 e. The molecule has 3 aromatic carbocycles. The lowest BCUT2D eigenvalue weighted by Gasteiger charge is -2.29. The summed E-state index contributed by atoms with van der Waals surface area (Å²) in [6.07, 6.45) is -0.934. The number of hydrogen-bond acceptors (Lipinski definition) is 6. The van der Waals surface area contributed by atoms with Crippen molar-refractivity contribution in [2.24, 2.45) is 5.92 Å². The zero-order chi connectivity index (χ0) is 23.1. The highest BCUT2D eigenvalue weighted by Crippen LogP contribution is 2.49. The maximum absolute atomic E-state index is 13.7. The molecule has 2 aliphatic rings. The monoisotopic (exact) mass is 444 g/mol. The zero-order valence-electron chi connectivity index (χ0n) is 18.6. The van der Waals surface area contributed by atoms with Crippen LogP contribution in [0.4, 0.5) is 11.4 Å². The molecule has 7 heteroatoms. The number of hydroxylamine groups is 1. The Bertz CT molecular complexity index is 1200. The SMILES string of the molecule is COc1ccc([C@H]2[C@@H]3C(=O)N(c4ccc(C)cc4)C(=O)[C@@H]3ON2c2ccccc2)c(OC)c1. The van der Waals surface area contributed by atoms with E-state index in [9.17, 15) is 9.59 Å². The molecule has 0 spiro atoms. The molecule has 0 N–H and O–H groups in total. The fourth-order valence-corrected chi connectivity index (χ4v) is 4.54. The van der Waals surface area contributed by atoms with Crippen molar-refractivity contribution in [1.29, 1.82) is 0 Å². The molecule has 3 aromatic rings. The Hall–Kier alpha value is -3.84. The highest BCUT2D eigenvalue weighted by Gasteiger charge is 2.60. The summed E-state index contributed by atoms with van der Waals surface area (Å²) >= 11 is 0. The number of carbonyl (C=O) groups excluding carboxylic acids is 2. The second kappa shape index (κ2) is 8.26. The van der Waals surface area contributed by atoms with E-state index in [0.29, 0.717) is 17.2 Å². The van der Waals surface area contributed by atoms with E-state index in [0.717, 1.165) is 16.8 Å². The zero-order valence-corrected chi connectivity index (χ0v) is 18.6. The smallest absolute Gasteiger partial charge is 0.266 e. The lowest BCUT2D eigenvalue weighted by atomic mass is 9.90. The molecule has 0 radical (unpaired) electrons. The molecule has 2 saturated heterocycles. The number of amides is 2. The van der Waals surface area contributed by atoms with Crippen LogP contribution in [0.25, 0.3) is 0 Å². The largest absolute Gasteiger partial charge is 0.497 e. The van der Waals surface area contributed by atoms with Crippen LogP contribution in [-0.2, 0) is 14.4 Å². The van der Waals surface area contributed by atoms with Gasteiger partial charge in [-0.3, -0.25) is 14.4 Å². The Morgan fingerprint density at radius 2 is 1.55 bits per heavy atom. The van der Waals surface area contributed by atoms with Crippen LogP contribution in [0.1, 0.15) is 17.2 Å². The fraction of sp³-hybridized carbons (Fsp3) is 0.231. The van der Waals surface area contributed by atoms with Gasteiger partial charge in [0.1, 0.15) is 17.4 Å². The fourth-order valence-electron chi connectivity index (χ4n) is 4.54. The summed E-state index contributed by atoms with van der Waals surface area (Å²) in [6.45, 7) is 1.96. The predicted molar refractivity (Wildman–Crippen MR) is 123 cm³/mol. The molecule has 0 saturated carbocycles. The lowest BCUT2D eigenvalue weighted by molar-refractivity contribution is -0.126. The number of carbonyl (C=O) groups is 2. The van der Waals surface area contributed by atoms with E-state index in [4.69, 9.17) is 14.3 Å². The summed E-state index contributed by atoms with van der Waals surface area (Å²) in [7, 11) is 3.15. The third-order valence-corrected chi connectivity index (χ3v) is 6.18. The van der Waals surface area contributed by atoms with Crippen LogP contribution < -0.4 is 19.4 Å². The van der Waals surface area contributed by atoms with Gasteiger partial charge >= 0.3 is 0 Å². The predicted octanol–water partition coefficient (Wildman–Crippen LogP) is 4.06. The van der Waals surface area contributed by atoms with Crippen molar-refractivity contribution in [2.75, 3.05) is 24.2 Å². The highest BCUT2D eigenvalue weighted by atomic mass is 16.7. The standard InChI is InChI=1S/C26H24N2O5/c1-16-9-11-17(12-10-16)27-25(29)22-23(20-14-13-19(31-2)15-21(20)32-3)28(33-24(22)26(27)30)18-7-5-4-6-8-18/h4-15,22-24H,1-3H3/t22-,23-,24+/m0/s1. The number of aryl methyl sites for hydroxylation is 1. The van der Waals surface area contributed by atoms with E-state index in [2.05, 4.69) is 0 Å². The quantitative estimate of drug-likeness (QED) is 0.553. The average Bonchev–Trinajstić information content (AvgIpc) is 3.35. The Morgan fingerprint density at radius 1 is 0.818 bits per heavy atom. The molecule has 2 amide bonds. The summed E-state index contributed by atoms with van der Waals surface area (Å²) in [5, 5.41) is 1.65. The minimum Gasteiger partial charge on any atom is -0.497 e. The Labute approximate surface area is 192 Å². The lowest BCUT2D eigenvalue weighted by Crippen LogP contribution is -2.37. The number of hydrogen-bond donors (Lipinski definition) is 0. The topological polar surface area (TPSA) is 68.3 Å². The van der Waals surface area contributed by atoms with E-state index < -0.39 is 18.1 Å². The molecule has 2 heterocycles. The molecule has 3 atom stereocenters. The number of para-hydroxylation sites is 1. The van der Waals surface area contributed by atoms with Gasteiger partial charge in [0.2, 0.25) is 5.91 Å². The third kappa shape index (κ3) is 3.41. The number of nitrogens with zero attached hydrogens (tertiary/aromatic N) is 2. The van der Waals surface area contributed by atoms with Gasteiger partial charge in [0.25, 0.3) is 5.91 Å². The van der Waals surface area contributed by atoms with Crippen molar-refractivity contribution in [1.82, 2.24) is 0 Å². The van der Waals surface area contributed by atoms with Crippen LogP contribution in [0.3, 0.4) is 0 Å². The van der Waals surface area contributed by atoms with Crippen LogP contribution in [0.5, 0.6) is 11.5 Å². The second-order valence-corrected chi connectivity index (χ2v) is 8.11. The van der Waals surface area contributed by atoms with Gasteiger partial charge in [-0.25, -0.2) is 9.96 Å². The first-order chi connectivity index (χ1) is 16.0. The Morgan fingerprint density at radius 3 is 2.21 bits per heavy atom. The first kappa shape index (κ1) is 21.0. The molecule has 2 fully saturated rings. The average molecular weight is 444 g/mol. The van der Waals surface area contributed by atoms with Crippen molar-refractivity contribution in [3.05, 3.63) is 83.9 Å². The minimum absolute atomic E-state index is 0.296. The number of imide groups is 1. The van der Waals surface area contributed by atoms with Crippen LogP contribution >= 0.6 is 0 Å². The summed E-state index contributed by atoms with van der Waals surface area (Å²) in [6, 6.07) is 21.6. The summed E-state index contributed by atoms with van der Waals surface area (Å²) in [5.41, 5.74) is 3.07. The number of fused-ring (bicyclic) bond motifs is 1. The third-order valence-electron chi connectivity index (χ3n) is 6.18. The van der Waals surface area contributed by atoms with Gasteiger partial charge in [-0.2, -0.15) is 0 Å². The van der Waals surface area contributed by atoms with Crippen molar-refractivity contribution < 1.29 is 23.9 Å². The number of ether oxygens (including phenoxy) is 2. The van der Waals surface area contributed by atoms with Crippen LogP contribution in [0.15, 0.2) is 72.8 Å². The maximum atomic E-state index is 13.7. The molecule has 0 bridgehead atoms. The van der Waals surface area contributed by atoms with Gasteiger partial charge in [-0.15, -0.1) is 0 Å². The molecule has 0 aliphatic carbocycles. The highest BCUT2D eigenvalue weighted by molar-refractivity contribution is 6.23. The van der Waals surface area contributed by atoms with E-state index >= 15 is 0 Å². The van der Waals surface area contributed by atoms with Crippen LogP contribution in [0.2, 0.25) is 0 Å². The van der Waals surface area contributed by atoms with E-state index in [-0.39, 0.29) is 11.8 Å². The van der Waals surface area contributed by atoms with Gasteiger partial charge < -0.3 is 9.47 Å². The van der Waals surface area contributed by atoms with Gasteiger partial charge in [0.15, 0.2) is 6.10 Å². The van der Waals surface area contributed by atoms with Crippen molar-refractivity contribution in [2.45, 2.75) is 19.1 Å². The number of rotatable bonds is 5. The van der Waals surface area contributed by atoms with Crippen LogP contribution in [-0.4, -0.2) is 32.1 Å². The molecule has 2 aliphatic heterocycles. The Balaban J connectivity index is 1.62. The number of methoxy groups -OCH3 is 2. The summed E-state index contributed by atoms with van der Waals surface area (Å²) < 4.78 is 11.0. The molecular formula is C26H24N2O5. The van der Waals surface area contributed by atoms with Gasteiger partial charge in [-0.1, -0.05) is 35.9 Å². The first-order valence-electron chi connectivity index (χ1n) is 10.7. The second-order valence-electron chi connectivity index (χ2n) is 8.11. The molecular weight excluding hydrogens is 420 g/mol. The number of anilines is 2. The molecule has 0 unspecified atom stereocenters. The van der Waals surface area contributed by atoms with Crippen molar-refractivity contribution in [3.8, 4) is 11.5 Å².